The lowest BCUT2D eigenvalue weighted by Crippen LogP contribution is -2.31. The average Bonchev–Trinajstić information content (AvgIpc) is 2.80. The maximum absolute atomic E-state index is 12.8. The van der Waals surface area contributed by atoms with Crippen LogP contribution in [0.1, 0.15) is 52.5 Å². The van der Waals surface area contributed by atoms with Gasteiger partial charge in [-0.1, -0.05) is 50.2 Å². The van der Waals surface area contributed by atoms with Crippen molar-refractivity contribution in [3.8, 4) is 17.5 Å². The van der Waals surface area contributed by atoms with Gasteiger partial charge in [-0.2, -0.15) is 20.1 Å². The average molecular weight is 429 g/mol. The van der Waals surface area contributed by atoms with E-state index in [0.29, 0.717) is 17.4 Å². The molecule has 0 bridgehead atoms. The zero-order valence-electron chi connectivity index (χ0n) is 18.3. The van der Waals surface area contributed by atoms with Gasteiger partial charge < -0.3 is 4.74 Å². The van der Waals surface area contributed by atoms with Gasteiger partial charge in [0.05, 0.1) is 13.3 Å². The van der Waals surface area contributed by atoms with Gasteiger partial charge in [-0.25, -0.2) is 5.43 Å². The number of aromatic nitrogens is 2. The zero-order valence-corrected chi connectivity index (χ0v) is 18.3. The number of nitrogens with zero attached hydrogens (tertiary/aromatic N) is 4. The fourth-order valence-electron chi connectivity index (χ4n) is 3.11. The number of hydrazone groups is 1. The van der Waals surface area contributed by atoms with Crippen molar-refractivity contribution in [1.82, 2.24) is 15.2 Å². The summed E-state index contributed by atoms with van der Waals surface area (Å²) in [6, 6.07) is 16.4. The molecule has 0 aliphatic heterocycles. The molecule has 0 spiro atoms. The van der Waals surface area contributed by atoms with E-state index in [1.54, 1.807) is 24.3 Å². The number of hydrogen-bond donors (Lipinski definition) is 1. The highest BCUT2D eigenvalue weighted by molar-refractivity contribution is 5.94. The number of amides is 1. The number of hydrogen-bond acceptors (Lipinski definition) is 6. The molecule has 8 nitrogen and oxygen atoms in total. The van der Waals surface area contributed by atoms with Crippen LogP contribution < -0.4 is 15.7 Å². The molecule has 0 aliphatic rings. The molecule has 1 aromatic heterocycles. The molecule has 162 valence electrons. The number of rotatable bonds is 6. The molecule has 1 amide bonds. The molecule has 2 aromatic carbocycles. The maximum Gasteiger partial charge on any atom is 0.292 e. The number of nitrogens with one attached hydrogen (secondary N) is 1. The number of para-hydroxylation sites is 2. The van der Waals surface area contributed by atoms with E-state index in [2.05, 4.69) is 29.5 Å². The van der Waals surface area contributed by atoms with Gasteiger partial charge in [0.1, 0.15) is 23.1 Å². The molecule has 0 fully saturated rings. The molecule has 0 unspecified atom stereocenters. The lowest BCUT2D eigenvalue weighted by atomic mass is 10.0. The standard InChI is InChI=1S/C24H23N5O3/c1-15(2)18-11-9-17(10-12-18)14-26-27-23(30)22-16(3)19(13-25)24(31)29(28-22)20-7-5-6-8-21(20)32-4/h5-12,14-15H,1-4H3,(H,27,30)/b26-14+. The molecule has 1 N–H and O–H groups in total. The number of ether oxygens (including phenoxy) is 1. The minimum Gasteiger partial charge on any atom is -0.494 e. The van der Waals surface area contributed by atoms with Crippen molar-refractivity contribution >= 4 is 12.1 Å². The van der Waals surface area contributed by atoms with Crippen molar-refractivity contribution in [3.63, 3.8) is 0 Å². The van der Waals surface area contributed by atoms with Gasteiger partial charge in [0, 0.05) is 5.56 Å². The highest BCUT2D eigenvalue weighted by atomic mass is 16.5. The zero-order chi connectivity index (χ0) is 23.3. The number of carbonyl (C=O) groups is 1. The molecule has 0 aliphatic carbocycles. The molecular formula is C24H23N5O3. The second-order valence-corrected chi connectivity index (χ2v) is 7.37. The summed E-state index contributed by atoms with van der Waals surface area (Å²) in [6.45, 7) is 5.72. The van der Waals surface area contributed by atoms with Crippen LogP contribution in [0.15, 0.2) is 58.4 Å². The lowest BCUT2D eigenvalue weighted by molar-refractivity contribution is 0.0947. The molecule has 0 saturated heterocycles. The Hall–Kier alpha value is -4.25. The van der Waals surface area contributed by atoms with E-state index in [1.807, 2.05) is 30.3 Å². The molecule has 3 rings (SSSR count). The fourth-order valence-corrected chi connectivity index (χ4v) is 3.11. The van der Waals surface area contributed by atoms with Crippen molar-refractivity contribution in [2.24, 2.45) is 5.10 Å². The third-order valence-electron chi connectivity index (χ3n) is 4.96. The Kier molecular flexibility index (Phi) is 6.80. The van der Waals surface area contributed by atoms with Gasteiger partial charge in [-0.3, -0.25) is 9.59 Å². The number of methoxy groups -OCH3 is 1. The third-order valence-corrected chi connectivity index (χ3v) is 4.96. The normalized spacial score (nSPS) is 10.9. The molecule has 0 radical (unpaired) electrons. The topological polar surface area (TPSA) is 109 Å². The van der Waals surface area contributed by atoms with Crippen LogP contribution in [0.25, 0.3) is 5.69 Å². The fraction of sp³-hybridized carbons (Fsp3) is 0.208. The minimum atomic E-state index is -0.641. The summed E-state index contributed by atoms with van der Waals surface area (Å²) in [7, 11) is 1.46. The van der Waals surface area contributed by atoms with Crippen LogP contribution in [0.2, 0.25) is 0 Å². The van der Waals surface area contributed by atoms with Crippen molar-refractivity contribution in [2.45, 2.75) is 26.7 Å². The molecule has 1 heterocycles. The van der Waals surface area contributed by atoms with Crippen LogP contribution >= 0.6 is 0 Å². The Morgan fingerprint density at radius 1 is 1.22 bits per heavy atom. The monoisotopic (exact) mass is 429 g/mol. The second kappa shape index (κ2) is 9.71. The van der Waals surface area contributed by atoms with Crippen LogP contribution in [-0.2, 0) is 0 Å². The summed E-state index contributed by atoms with van der Waals surface area (Å²) in [5, 5.41) is 17.7. The molecule has 3 aromatic rings. The first-order valence-electron chi connectivity index (χ1n) is 9.98. The van der Waals surface area contributed by atoms with Crippen molar-refractivity contribution in [2.75, 3.05) is 7.11 Å². The Morgan fingerprint density at radius 2 is 1.91 bits per heavy atom. The van der Waals surface area contributed by atoms with Crippen molar-refractivity contribution < 1.29 is 9.53 Å². The van der Waals surface area contributed by atoms with E-state index in [-0.39, 0.29) is 16.8 Å². The van der Waals surface area contributed by atoms with Crippen LogP contribution in [0.4, 0.5) is 0 Å². The third kappa shape index (κ3) is 4.57. The van der Waals surface area contributed by atoms with Gasteiger partial charge >= 0.3 is 0 Å². The first-order valence-corrected chi connectivity index (χ1v) is 9.98. The van der Waals surface area contributed by atoms with Gasteiger partial charge in [-0.05, 0) is 36.1 Å². The van der Waals surface area contributed by atoms with Gasteiger partial charge in [-0.15, -0.1) is 0 Å². The van der Waals surface area contributed by atoms with Gasteiger partial charge in [0.2, 0.25) is 0 Å². The number of nitriles is 1. The highest BCUT2D eigenvalue weighted by Crippen LogP contribution is 2.21. The SMILES string of the molecule is COc1ccccc1-n1nc(C(=O)N/N=C/c2ccc(C(C)C)cc2)c(C)c(C#N)c1=O. The smallest absolute Gasteiger partial charge is 0.292 e. The van der Waals surface area contributed by atoms with E-state index < -0.39 is 11.5 Å². The predicted octanol–water partition coefficient (Wildman–Crippen LogP) is 3.31. The van der Waals surface area contributed by atoms with E-state index in [0.717, 1.165) is 10.2 Å². The first kappa shape index (κ1) is 22.4. The summed E-state index contributed by atoms with van der Waals surface area (Å²) in [5.74, 6) is 0.157. The van der Waals surface area contributed by atoms with Crippen molar-refractivity contribution in [3.05, 3.63) is 86.8 Å². The lowest BCUT2D eigenvalue weighted by Gasteiger charge is -2.13. The summed E-state index contributed by atoms with van der Waals surface area (Å²) < 4.78 is 6.28. The van der Waals surface area contributed by atoms with E-state index in [9.17, 15) is 14.9 Å². The van der Waals surface area contributed by atoms with Crippen LogP contribution in [-0.4, -0.2) is 29.0 Å². The molecule has 8 heteroatoms. The quantitative estimate of drug-likeness (QED) is 0.478. The van der Waals surface area contributed by atoms with Crippen LogP contribution in [0, 0.1) is 18.3 Å². The summed E-state index contributed by atoms with van der Waals surface area (Å²) in [5.41, 5.74) is 4.03. The predicted molar refractivity (Wildman–Crippen MR) is 121 cm³/mol. The van der Waals surface area contributed by atoms with E-state index in [1.165, 1.54) is 25.8 Å². The molecular weight excluding hydrogens is 406 g/mol. The van der Waals surface area contributed by atoms with Crippen LogP contribution in [0.5, 0.6) is 5.75 Å². The first-order chi connectivity index (χ1) is 15.4. The Bertz CT molecular complexity index is 1270. The van der Waals surface area contributed by atoms with Gasteiger partial charge in [0.15, 0.2) is 5.69 Å². The number of carbonyl (C=O) groups excluding carboxylic acids is 1. The van der Waals surface area contributed by atoms with E-state index >= 15 is 0 Å². The maximum atomic E-state index is 12.8. The van der Waals surface area contributed by atoms with Crippen LogP contribution in [0.3, 0.4) is 0 Å². The second-order valence-electron chi connectivity index (χ2n) is 7.37. The molecule has 0 saturated carbocycles. The van der Waals surface area contributed by atoms with Crippen molar-refractivity contribution in [1.29, 1.82) is 5.26 Å². The Labute approximate surface area is 185 Å². The molecule has 0 atom stereocenters. The summed E-state index contributed by atoms with van der Waals surface area (Å²) in [6.07, 6.45) is 1.51. The largest absolute Gasteiger partial charge is 0.494 e. The highest BCUT2D eigenvalue weighted by Gasteiger charge is 2.21. The summed E-state index contributed by atoms with van der Waals surface area (Å²) >= 11 is 0. The molecule has 32 heavy (non-hydrogen) atoms. The summed E-state index contributed by atoms with van der Waals surface area (Å²) in [4.78, 5) is 25.6. The minimum absolute atomic E-state index is 0.0839. The number of benzene rings is 2. The Balaban J connectivity index is 1.94. The van der Waals surface area contributed by atoms with E-state index in [4.69, 9.17) is 4.74 Å². The van der Waals surface area contributed by atoms with Gasteiger partial charge in [0.25, 0.3) is 11.5 Å². The Morgan fingerprint density at radius 3 is 2.53 bits per heavy atom.